The Hall–Kier alpha value is -0.730. The highest BCUT2D eigenvalue weighted by molar-refractivity contribution is 6.33. The summed E-state index contributed by atoms with van der Waals surface area (Å²) in [5.41, 5.74) is 2.46. The fourth-order valence-electron chi connectivity index (χ4n) is 2.21. The van der Waals surface area contributed by atoms with Crippen molar-refractivity contribution in [1.29, 1.82) is 0 Å². The zero-order valence-electron chi connectivity index (χ0n) is 12.0. The summed E-state index contributed by atoms with van der Waals surface area (Å²) in [4.78, 5) is 2.35. The van der Waals surface area contributed by atoms with E-state index < -0.39 is 0 Å². The van der Waals surface area contributed by atoms with Crippen LogP contribution in [0.5, 0.6) is 0 Å². The lowest BCUT2D eigenvalue weighted by molar-refractivity contribution is 0.661. The lowest BCUT2D eigenvalue weighted by Crippen LogP contribution is -2.32. The first-order chi connectivity index (χ1) is 8.61. The van der Waals surface area contributed by atoms with Gasteiger partial charge in [-0.3, -0.25) is 0 Å². The lowest BCUT2D eigenvalue weighted by Gasteiger charge is -2.30. The van der Waals surface area contributed by atoms with Gasteiger partial charge in [-0.05, 0) is 45.4 Å². The van der Waals surface area contributed by atoms with Crippen molar-refractivity contribution in [3.05, 3.63) is 28.8 Å². The minimum Gasteiger partial charge on any atom is -0.368 e. The molecule has 1 N–H and O–H groups in total. The molecular formula is C15H25ClN2. The molecule has 0 aliphatic carbocycles. The van der Waals surface area contributed by atoms with Crippen LogP contribution in [-0.4, -0.2) is 19.1 Å². The van der Waals surface area contributed by atoms with Crippen molar-refractivity contribution in [2.24, 2.45) is 0 Å². The number of nitrogens with zero attached hydrogens (tertiary/aromatic N) is 1. The van der Waals surface area contributed by atoms with Gasteiger partial charge in [0, 0.05) is 19.1 Å². The molecule has 0 amide bonds. The van der Waals surface area contributed by atoms with Gasteiger partial charge in [0.15, 0.2) is 0 Å². The summed E-state index contributed by atoms with van der Waals surface area (Å²) in [5, 5.41) is 4.30. The number of anilines is 1. The third-order valence-corrected chi connectivity index (χ3v) is 3.37. The largest absolute Gasteiger partial charge is 0.368 e. The molecule has 0 saturated heterocycles. The second kappa shape index (κ2) is 7.65. The molecule has 3 heteroatoms. The predicted octanol–water partition coefficient (Wildman–Crippen LogP) is 4.07. The van der Waals surface area contributed by atoms with Crippen molar-refractivity contribution in [3.8, 4) is 0 Å². The fraction of sp³-hybridized carbons (Fsp3) is 0.600. The molecule has 1 rings (SSSR count). The SMILES string of the molecule is CCCNCc1cccc(Cl)c1N(CC)C(C)C. The van der Waals surface area contributed by atoms with Gasteiger partial charge in [-0.25, -0.2) is 0 Å². The summed E-state index contributed by atoms with van der Waals surface area (Å²) in [5.74, 6) is 0. The van der Waals surface area contributed by atoms with Crippen LogP contribution in [0.15, 0.2) is 18.2 Å². The summed E-state index contributed by atoms with van der Waals surface area (Å²) >= 11 is 6.39. The van der Waals surface area contributed by atoms with Gasteiger partial charge >= 0.3 is 0 Å². The van der Waals surface area contributed by atoms with Gasteiger partial charge in [-0.15, -0.1) is 0 Å². The van der Waals surface area contributed by atoms with Crippen LogP contribution >= 0.6 is 11.6 Å². The molecule has 0 unspecified atom stereocenters. The zero-order chi connectivity index (χ0) is 13.5. The third kappa shape index (κ3) is 3.89. The maximum Gasteiger partial charge on any atom is 0.0643 e. The van der Waals surface area contributed by atoms with Crippen LogP contribution in [0.4, 0.5) is 5.69 Å². The quantitative estimate of drug-likeness (QED) is 0.750. The molecule has 0 aromatic heterocycles. The van der Waals surface area contributed by atoms with Crippen LogP contribution in [0, 0.1) is 0 Å². The van der Waals surface area contributed by atoms with Crippen LogP contribution in [0.3, 0.4) is 0 Å². The molecule has 0 aliphatic heterocycles. The van der Waals surface area contributed by atoms with E-state index in [1.165, 1.54) is 11.3 Å². The molecule has 1 aromatic carbocycles. The van der Waals surface area contributed by atoms with Gasteiger partial charge < -0.3 is 10.2 Å². The number of benzene rings is 1. The van der Waals surface area contributed by atoms with Gasteiger partial charge in [0.25, 0.3) is 0 Å². The molecule has 0 spiro atoms. The Labute approximate surface area is 116 Å². The van der Waals surface area contributed by atoms with Gasteiger partial charge in [0.1, 0.15) is 0 Å². The Bertz CT molecular complexity index is 364. The van der Waals surface area contributed by atoms with E-state index in [0.29, 0.717) is 6.04 Å². The van der Waals surface area contributed by atoms with E-state index in [9.17, 15) is 0 Å². The maximum atomic E-state index is 6.39. The molecule has 0 saturated carbocycles. The monoisotopic (exact) mass is 268 g/mol. The zero-order valence-corrected chi connectivity index (χ0v) is 12.7. The second-order valence-corrected chi connectivity index (χ2v) is 5.21. The molecule has 1 aromatic rings. The van der Waals surface area contributed by atoms with Gasteiger partial charge in [0.05, 0.1) is 10.7 Å². The van der Waals surface area contributed by atoms with Crippen molar-refractivity contribution < 1.29 is 0 Å². The molecule has 0 fully saturated rings. The number of hydrogen-bond donors (Lipinski definition) is 1. The molecule has 102 valence electrons. The van der Waals surface area contributed by atoms with E-state index in [2.05, 4.69) is 44.0 Å². The van der Waals surface area contributed by atoms with Crippen molar-refractivity contribution >= 4 is 17.3 Å². The second-order valence-electron chi connectivity index (χ2n) is 4.80. The molecule has 0 bridgehead atoms. The molecular weight excluding hydrogens is 244 g/mol. The first kappa shape index (κ1) is 15.3. The van der Waals surface area contributed by atoms with Crippen molar-refractivity contribution in [2.45, 2.75) is 46.7 Å². The average Bonchev–Trinajstić information content (AvgIpc) is 2.33. The Morgan fingerprint density at radius 3 is 2.56 bits per heavy atom. The minimum absolute atomic E-state index is 0.458. The van der Waals surface area contributed by atoms with E-state index in [4.69, 9.17) is 11.6 Å². The van der Waals surface area contributed by atoms with Gasteiger partial charge in [-0.1, -0.05) is 30.7 Å². The molecule has 2 nitrogen and oxygen atoms in total. The Morgan fingerprint density at radius 1 is 1.28 bits per heavy atom. The first-order valence-corrected chi connectivity index (χ1v) is 7.24. The Balaban J connectivity index is 2.99. The normalized spacial score (nSPS) is 11.0. The summed E-state index contributed by atoms with van der Waals surface area (Å²) in [6.45, 7) is 11.7. The van der Waals surface area contributed by atoms with E-state index >= 15 is 0 Å². The summed E-state index contributed by atoms with van der Waals surface area (Å²) in [7, 11) is 0. The summed E-state index contributed by atoms with van der Waals surface area (Å²) < 4.78 is 0. The highest BCUT2D eigenvalue weighted by Gasteiger charge is 2.15. The standard InChI is InChI=1S/C15H25ClN2/c1-5-10-17-11-13-8-7-9-14(16)15(13)18(6-2)12(3)4/h7-9,12,17H,5-6,10-11H2,1-4H3. The molecule has 18 heavy (non-hydrogen) atoms. The highest BCUT2D eigenvalue weighted by atomic mass is 35.5. The van der Waals surface area contributed by atoms with Gasteiger partial charge in [0.2, 0.25) is 0 Å². The molecule has 0 atom stereocenters. The van der Waals surface area contributed by atoms with E-state index in [-0.39, 0.29) is 0 Å². The molecule has 0 aliphatic rings. The fourth-order valence-corrected chi connectivity index (χ4v) is 2.51. The van der Waals surface area contributed by atoms with Crippen molar-refractivity contribution in [3.63, 3.8) is 0 Å². The number of rotatable bonds is 7. The summed E-state index contributed by atoms with van der Waals surface area (Å²) in [6.07, 6.45) is 1.15. The van der Waals surface area contributed by atoms with Crippen molar-refractivity contribution in [2.75, 3.05) is 18.0 Å². The lowest BCUT2D eigenvalue weighted by atomic mass is 10.1. The van der Waals surface area contributed by atoms with Crippen LogP contribution in [0.25, 0.3) is 0 Å². The van der Waals surface area contributed by atoms with Crippen LogP contribution in [0.2, 0.25) is 5.02 Å². The number of hydrogen-bond acceptors (Lipinski definition) is 2. The van der Waals surface area contributed by atoms with Gasteiger partial charge in [-0.2, -0.15) is 0 Å². The first-order valence-electron chi connectivity index (χ1n) is 6.86. The van der Waals surface area contributed by atoms with Crippen molar-refractivity contribution in [1.82, 2.24) is 5.32 Å². The van der Waals surface area contributed by atoms with Crippen LogP contribution in [0.1, 0.15) is 39.7 Å². The number of para-hydroxylation sites is 1. The smallest absolute Gasteiger partial charge is 0.0643 e. The average molecular weight is 269 g/mol. The topological polar surface area (TPSA) is 15.3 Å². The minimum atomic E-state index is 0.458. The van der Waals surface area contributed by atoms with Crippen LogP contribution < -0.4 is 10.2 Å². The van der Waals surface area contributed by atoms with E-state index in [0.717, 1.165) is 31.1 Å². The number of halogens is 1. The highest BCUT2D eigenvalue weighted by Crippen LogP contribution is 2.31. The van der Waals surface area contributed by atoms with E-state index in [1.807, 2.05) is 12.1 Å². The maximum absolute atomic E-state index is 6.39. The molecule has 0 heterocycles. The summed E-state index contributed by atoms with van der Waals surface area (Å²) in [6, 6.07) is 6.63. The third-order valence-electron chi connectivity index (χ3n) is 3.06. The Kier molecular flexibility index (Phi) is 6.51. The predicted molar refractivity (Wildman–Crippen MR) is 81.6 cm³/mol. The van der Waals surface area contributed by atoms with Crippen LogP contribution in [-0.2, 0) is 6.54 Å². The van der Waals surface area contributed by atoms with E-state index in [1.54, 1.807) is 0 Å². The Morgan fingerprint density at radius 2 is 2.00 bits per heavy atom. The molecule has 0 radical (unpaired) electrons. The number of nitrogens with one attached hydrogen (secondary N) is 1.